The van der Waals surface area contributed by atoms with Gasteiger partial charge in [0, 0.05) is 67.8 Å². The number of aliphatic imine (C=N–C) groups is 2. The molecule has 12 aromatic rings. The smallest absolute Gasteiger partial charge is 0.160 e. The van der Waals surface area contributed by atoms with E-state index in [1.807, 2.05) is 22.7 Å². The molecule has 0 saturated heterocycles. The summed E-state index contributed by atoms with van der Waals surface area (Å²) in [5, 5.41) is 13.2. The van der Waals surface area contributed by atoms with Crippen LogP contribution in [0.5, 0.6) is 0 Å². The van der Waals surface area contributed by atoms with Crippen LogP contribution in [0.2, 0.25) is 0 Å². The molecule has 0 fully saturated rings. The Morgan fingerprint density at radius 3 is 2.02 bits per heavy atom. The highest BCUT2D eigenvalue weighted by molar-refractivity contribution is 7.26. The monoisotopic (exact) mass is 815 g/mol. The summed E-state index contributed by atoms with van der Waals surface area (Å²) >= 11 is 3.66. The van der Waals surface area contributed by atoms with E-state index >= 15 is 0 Å². The molecule has 0 bridgehead atoms. The Bertz CT molecular complexity index is 3810. The van der Waals surface area contributed by atoms with Crippen LogP contribution in [-0.2, 0) is 0 Å². The number of para-hydroxylation sites is 1. The molecular weight excluding hydrogens is 783 g/mol. The molecule has 286 valence electrons. The van der Waals surface area contributed by atoms with Gasteiger partial charge < -0.3 is 9.73 Å². The maximum atomic E-state index is 6.89. The van der Waals surface area contributed by atoms with Gasteiger partial charge in [0.05, 0.1) is 0 Å². The van der Waals surface area contributed by atoms with E-state index in [-0.39, 0.29) is 6.17 Å². The van der Waals surface area contributed by atoms with Gasteiger partial charge in [-0.05, 0) is 75.5 Å². The van der Waals surface area contributed by atoms with Crippen molar-refractivity contribution in [1.29, 1.82) is 0 Å². The number of furan rings is 1. The molecule has 13 rings (SSSR count). The van der Waals surface area contributed by atoms with Crippen LogP contribution in [0.25, 0.3) is 95.3 Å². The highest BCUT2D eigenvalue weighted by Gasteiger charge is 2.25. The summed E-state index contributed by atoms with van der Waals surface area (Å²) in [6.45, 7) is 0. The van der Waals surface area contributed by atoms with Gasteiger partial charge in [-0.2, -0.15) is 0 Å². The highest BCUT2D eigenvalue weighted by atomic mass is 32.1. The second-order valence-corrected chi connectivity index (χ2v) is 17.9. The Hall–Kier alpha value is -7.38. The van der Waals surface area contributed by atoms with Gasteiger partial charge in [-0.3, -0.25) is 0 Å². The van der Waals surface area contributed by atoms with Crippen molar-refractivity contribution in [1.82, 2.24) is 5.32 Å². The third-order valence-corrected chi connectivity index (χ3v) is 14.4. The van der Waals surface area contributed by atoms with E-state index in [9.17, 15) is 0 Å². The largest absolute Gasteiger partial charge is 0.455 e. The molecule has 0 aliphatic carbocycles. The maximum Gasteiger partial charge on any atom is 0.160 e. The van der Waals surface area contributed by atoms with E-state index in [1.54, 1.807) is 0 Å². The first-order valence-corrected chi connectivity index (χ1v) is 22.1. The van der Waals surface area contributed by atoms with Gasteiger partial charge in [0.15, 0.2) is 5.84 Å². The van der Waals surface area contributed by atoms with Crippen LogP contribution in [0.15, 0.2) is 202 Å². The third-order valence-electron chi connectivity index (χ3n) is 12.1. The fourth-order valence-corrected chi connectivity index (χ4v) is 11.5. The number of amidine groups is 2. The molecule has 4 heterocycles. The molecule has 6 heteroatoms. The summed E-state index contributed by atoms with van der Waals surface area (Å²) in [5.74, 6) is 1.44. The summed E-state index contributed by atoms with van der Waals surface area (Å²) in [6.07, 6.45) is -0.378. The molecule has 1 atom stereocenters. The number of rotatable bonds is 5. The van der Waals surface area contributed by atoms with Crippen molar-refractivity contribution in [3.63, 3.8) is 0 Å². The summed E-state index contributed by atoms with van der Waals surface area (Å²) in [7, 11) is 0. The van der Waals surface area contributed by atoms with Crippen LogP contribution < -0.4 is 5.32 Å². The first-order chi connectivity index (χ1) is 30.2. The number of hydrogen-bond acceptors (Lipinski definition) is 6. The quantitative estimate of drug-likeness (QED) is 0.188. The van der Waals surface area contributed by atoms with Crippen LogP contribution in [0, 0.1) is 0 Å². The van der Waals surface area contributed by atoms with Gasteiger partial charge in [-0.25, -0.2) is 9.98 Å². The Morgan fingerprint density at radius 2 is 1.11 bits per heavy atom. The van der Waals surface area contributed by atoms with Crippen LogP contribution in [0.3, 0.4) is 0 Å². The lowest BCUT2D eigenvalue weighted by Crippen LogP contribution is -2.33. The van der Waals surface area contributed by atoms with Crippen LogP contribution in [0.4, 0.5) is 0 Å². The van der Waals surface area contributed by atoms with Gasteiger partial charge in [0.25, 0.3) is 0 Å². The molecule has 4 nitrogen and oxygen atoms in total. The average molecular weight is 816 g/mol. The summed E-state index contributed by atoms with van der Waals surface area (Å²) in [6, 6.07) is 67.3. The van der Waals surface area contributed by atoms with E-state index in [1.165, 1.54) is 62.4 Å². The van der Waals surface area contributed by atoms with E-state index in [0.29, 0.717) is 5.84 Å². The zero-order valence-corrected chi connectivity index (χ0v) is 34.2. The molecular formula is C55H33N3OS2. The molecule has 1 unspecified atom stereocenters. The molecule has 1 aliphatic heterocycles. The highest BCUT2D eigenvalue weighted by Crippen LogP contribution is 2.44. The predicted molar refractivity (Wildman–Crippen MR) is 260 cm³/mol. The molecule has 0 saturated carbocycles. The molecule has 1 N–H and O–H groups in total. The predicted octanol–water partition coefficient (Wildman–Crippen LogP) is 15.3. The minimum absolute atomic E-state index is 0.378. The van der Waals surface area contributed by atoms with Crippen LogP contribution in [-0.4, -0.2) is 11.7 Å². The number of nitrogens with one attached hydrogen (secondary N) is 1. The Balaban J connectivity index is 0.996. The molecule has 1 aliphatic rings. The second kappa shape index (κ2) is 13.6. The van der Waals surface area contributed by atoms with Gasteiger partial charge in [0.1, 0.15) is 23.2 Å². The van der Waals surface area contributed by atoms with Gasteiger partial charge in [-0.15, -0.1) is 22.7 Å². The Kier molecular flexibility index (Phi) is 7.67. The number of benzene rings is 9. The lowest BCUT2D eigenvalue weighted by atomic mass is 9.96. The maximum absolute atomic E-state index is 6.89. The first-order valence-electron chi connectivity index (χ1n) is 20.5. The van der Waals surface area contributed by atoms with E-state index in [4.69, 9.17) is 14.4 Å². The summed E-state index contributed by atoms with van der Waals surface area (Å²) in [4.78, 5) is 10.8. The molecule has 3 aromatic heterocycles. The third kappa shape index (κ3) is 5.57. The fourth-order valence-electron chi connectivity index (χ4n) is 9.25. The van der Waals surface area contributed by atoms with Crippen molar-refractivity contribution in [3.05, 3.63) is 205 Å². The first kappa shape index (κ1) is 34.5. The van der Waals surface area contributed by atoms with Crippen LogP contribution >= 0.6 is 22.7 Å². The van der Waals surface area contributed by atoms with Crippen molar-refractivity contribution in [2.75, 3.05) is 0 Å². The fraction of sp³-hybridized carbons (Fsp3) is 0.0182. The molecule has 61 heavy (non-hydrogen) atoms. The molecule has 0 radical (unpaired) electrons. The summed E-state index contributed by atoms with van der Waals surface area (Å²) < 4.78 is 12.0. The average Bonchev–Trinajstić information content (AvgIpc) is 4.02. The zero-order chi connectivity index (χ0) is 40.0. The number of fused-ring (bicyclic) bond motifs is 10. The van der Waals surface area contributed by atoms with Crippen molar-refractivity contribution in [3.8, 4) is 22.3 Å². The SMILES string of the molecule is c1ccc(-c2ccc3ccc(C4=NC(c5cccc6oc7c(-c8cccc9sc%10ccccc%10c89)cccc7c56)=NC(c5ccc6c(c5)sc5ccccc56)N4)cc3c2)cc1. The number of nitrogens with zero attached hydrogens (tertiary/aromatic N) is 2. The molecule has 0 spiro atoms. The lowest BCUT2D eigenvalue weighted by Gasteiger charge is -2.24. The van der Waals surface area contributed by atoms with Gasteiger partial charge in [0.2, 0.25) is 0 Å². The number of thiophene rings is 2. The molecule has 9 aromatic carbocycles. The van der Waals surface area contributed by atoms with Crippen molar-refractivity contribution >= 4 is 107 Å². The van der Waals surface area contributed by atoms with Crippen molar-refractivity contribution < 1.29 is 4.42 Å². The van der Waals surface area contributed by atoms with E-state index in [0.717, 1.165) is 55.4 Å². The minimum atomic E-state index is -0.378. The Labute approximate surface area is 358 Å². The minimum Gasteiger partial charge on any atom is -0.455 e. The van der Waals surface area contributed by atoms with Gasteiger partial charge >= 0.3 is 0 Å². The van der Waals surface area contributed by atoms with E-state index < -0.39 is 0 Å². The van der Waals surface area contributed by atoms with Crippen molar-refractivity contribution in [2.24, 2.45) is 9.98 Å². The second-order valence-electron chi connectivity index (χ2n) is 15.7. The normalized spacial score (nSPS) is 14.4. The van der Waals surface area contributed by atoms with Gasteiger partial charge in [-0.1, -0.05) is 146 Å². The summed E-state index contributed by atoms with van der Waals surface area (Å²) in [5.41, 5.74) is 9.31. The van der Waals surface area contributed by atoms with E-state index in [2.05, 4.69) is 193 Å². The number of hydrogen-bond donors (Lipinski definition) is 1. The standard InChI is InChI=1S/C55H33N3OS2/c1-2-11-32(12-3-1)34-25-23-33-24-26-35(30-37(33)29-34)53-56-54(36-27-28-39-38-13-4-6-20-46(38)61-49(39)31-36)58-55(57-53)44-18-9-19-45-50(44)43-17-8-16-41(52(43)59-45)40-15-10-22-48-51(40)42-14-5-7-21-47(42)60-48/h1-31,54H,(H,56,57,58). The zero-order valence-electron chi connectivity index (χ0n) is 32.6. The van der Waals surface area contributed by atoms with Crippen molar-refractivity contribution in [2.45, 2.75) is 6.17 Å². The lowest BCUT2D eigenvalue weighted by molar-refractivity contribution is 0.669. The van der Waals surface area contributed by atoms with Crippen LogP contribution in [0.1, 0.15) is 22.9 Å². The topological polar surface area (TPSA) is 49.9 Å². The Morgan fingerprint density at radius 1 is 0.443 bits per heavy atom. The molecule has 0 amide bonds.